The Morgan fingerprint density at radius 1 is 1.11 bits per heavy atom. The van der Waals surface area contributed by atoms with Crippen LogP contribution in [0.2, 0.25) is 5.02 Å². The number of halogens is 1. The minimum atomic E-state index is -0.0568. The second-order valence-electron chi connectivity index (χ2n) is 8.75. The lowest BCUT2D eigenvalue weighted by atomic mass is 10.1. The molecular weight excluding hydrogens is 506 g/mol. The van der Waals surface area contributed by atoms with Gasteiger partial charge in [0.05, 0.1) is 36.2 Å². The van der Waals surface area contributed by atoms with E-state index in [1.165, 1.54) is 0 Å². The van der Waals surface area contributed by atoms with Gasteiger partial charge in [-0.05, 0) is 49.6 Å². The van der Waals surface area contributed by atoms with E-state index in [2.05, 4.69) is 16.8 Å². The van der Waals surface area contributed by atoms with Gasteiger partial charge >= 0.3 is 0 Å². The van der Waals surface area contributed by atoms with Crippen molar-refractivity contribution in [3.63, 3.8) is 0 Å². The molecule has 1 N–H and O–H groups in total. The Labute approximate surface area is 227 Å². The van der Waals surface area contributed by atoms with Crippen LogP contribution in [0.1, 0.15) is 41.4 Å². The van der Waals surface area contributed by atoms with Gasteiger partial charge < -0.3 is 19.4 Å². The van der Waals surface area contributed by atoms with Crippen molar-refractivity contribution in [2.45, 2.75) is 39.7 Å². The predicted molar refractivity (Wildman–Crippen MR) is 151 cm³/mol. The maximum Gasteiger partial charge on any atom is 0.253 e. The third-order valence-corrected chi connectivity index (χ3v) is 7.58. The fourth-order valence-corrected chi connectivity index (χ4v) is 5.41. The number of aromatic nitrogens is 2. The number of benzene rings is 2. The summed E-state index contributed by atoms with van der Waals surface area (Å²) in [5, 5.41) is 6.59. The van der Waals surface area contributed by atoms with Crippen molar-refractivity contribution in [3.05, 3.63) is 75.8 Å². The summed E-state index contributed by atoms with van der Waals surface area (Å²) in [5.41, 5.74) is 5.33. The van der Waals surface area contributed by atoms with Crippen molar-refractivity contribution in [2.75, 3.05) is 20.8 Å². The van der Waals surface area contributed by atoms with Crippen molar-refractivity contribution in [3.8, 4) is 33.5 Å². The van der Waals surface area contributed by atoms with Gasteiger partial charge in [-0.2, -0.15) is 0 Å². The monoisotopic (exact) mass is 537 g/mol. The molecule has 0 bridgehead atoms. The minimum Gasteiger partial charge on any atom is -0.493 e. The van der Waals surface area contributed by atoms with Crippen molar-refractivity contribution < 1.29 is 14.3 Å². The first kappa shape index (κ1) is 26.8. The number of hydrogen-bond donors (Lipinski definition) is 1. The highest BCUT2D eigenvalue weighted by Crippen LogP contribution is 2.35. The number of amides is 1. The van der Waals surface area contributed by atoms with E-state index in [1.54, 1.807) is 25.6 Å². The lowest BCUT2D eigenvalue weighted by Gasteiger charge is -2.13. The van der Waals surface area contributed by atoms with Crippen LogP contribution in [0.5, 0.6) is 11.5 Å². The number of rotatable bonds is 11. The molecule has 1 amide bonds. The Morgan fingerprint density at radius 3 is 2.62 bits per heavy atom. The summed E-state index contributed by atoms with van der Waals surface area (Å²) in [6.45, 7) is 5.44. The summed E-state index contributed by atoms with van der Waals surface area (Å²) in [7, 11) is 3.27. The van der Waals surface area contributed by atoms with Crippen molar-refractivity contribution >= 4 is 28.8 Å². The Kier molecular flexibility index (Phi) is 8.90. The van der Waals surface area contributed by atoms with Gasteiger partial charge in [-0.15, -0.1) is 11.3 Å². The standard InChI is InChI=1S/C29H32ClN3O3S/c1-5-6-14-31-28(34)22-17-25(24-18-37-29(32-24)21-9-7-8-10-23(21)30)33(19(22)2)15-13-20-11-12-26(35-3)27(16-20)36-4/h7-12,16-18H,5-6,13-15H2,1-4H3,(H,31,34). The molecule has 37 heavy (non-hydrogen) atoms. The lowest BCUT2D eigenvalue weighted by molar-refractivity contribution is 0.0952. The van der Waals surface area contributed by atoms with Crippen LogP contribution in [0.4, 0.5) is 0 Å². The summed E-state index contributed by atoms with van der Waals surface area (Å²) in [5.74, 6) is 1.34. The zero-order valence-corrected chi connectivity index (χ0v) is 23.2. The van der Waals surface area contributed by atoms with Crippen LogP contribution in [-0.2, 0) is 13.0 Å². The average molecular weight is 538 g/mol. The number of hydrogen-bond acceptors (Lipinski definition) is 5. The highest BCUT2D eigenvalue weighted by Gasteiger charge is 2.21. The molecule has 194 valence electrons. The van der Waals surface area contributed by atoms with E-state index in [-0.39, 0.29) is 5.91 Å². The molecule has 2 heterocycles. The molecule has 0 saturated heterocycles. The first-order valence-electron chi connectivity index (χ1n) is 12.4. The van der Waals surface area contributed by atoms with Crippen LogP contribution in [0.15, 0.2) is 53.9 Å². The molecule has 4 rings (SSSR count). The molecule has 0 aliphatic carbocycles. The van der Waals surface area contributed by atoms with Crippen LogP contribution < -0.4 is 14.8 Å². The number of methoxy groups -OCH3 is 2. The Bertz CT molecular complexity index is 1380. The maximum atomic E-state index is 13.0. The molecule has 0 atom stereocenters. The van der Waals surface area contributed by atoms with Gasteiger partial charge in [-0.3, -0.25) is 4.79 Å². The quantitative estimate of drug-likeness (QED) is 0.209. The minimum absolute atomic E-state index is 0.0568. The molecule has 0 unspecified atom stereocenters. The first-order valence-corrected chi connectivity index (χ1v) is 13.6. The average Bonchev–Trinajstić information content (AvgIpc) is 3.52. The number of carbonyl (C=O) groups excluding carboxylic acids is 1. The molecule has 0 radical (unpaired) electrons. The van der Waals surface area contributed by atoms with Gasteiger partial charge in [0.25, 0.3) is 5.91 Å². The van der Waals surface area contributed by atoms with Gasteiger partial charge in [0.2, 0.25) is 0 Å². The zero-order chi connectivity index (χ0) is 26.4. The first-order chi connectivity index (χ1) is 18.0. The molecule has 2 aromatic heterocycles. The predicted octanol–water partition coefficient (Wildman–Crippen LogP) is 7.03. The summed E-state index contributed by atoms with van der Waals surface area (Å²) < 4.78 is 13.0. The second kappa shape index (κ2) is 12.3. The van der Waals surface area contributed by atoms with Crippen molar-refractivity contribution in [2.24, 2.45) is 0 Å². The van der Waals surface area contributed by atoms with Gasteiger partial charge in [-0.25, -0.2) is 4.98 Å². The molecule has 0 fully saturated rings. The SMILES string of the molecule is CCCCNC(=O)c1cc(-c2csc(-c3ccccc3Cl)n2)n(CCc2ccc(OC)c(OC)c2)c1C. The number of ether oxygens (including phenoxy) is 2. The van der Waals surface area contributed by atoms with E-state index in [4.69, 9.17) is 26.1 Å². The zero-order valence-electron chi connectivity index (χ0n) is 21.6. The molecule has 8 heteroatoms. The summed E-state index contributed by atoms with van der Waals surface area (Å²) in [4.78, 5) is 18.0. The molecule has 0 aliphatic rings. The summed E-state index contributed by atoms with van der Waals surface area (Å²) in [6, 6.07) is 15.6. The van der Waals surface area contributed by atoms with Crippen molar-refractivity contribution in [1.82, 2.24) is 14.9 Å². The molecule has 4 aromatic rings. The summed E-state index contributed by atoms with van der Waals surface area (Å²) in [6.07, 6.45) is 2.73. The number of nitrogens with one attached hydrogen (secondary N) is 1. The molecule has 0 spiro atoms. The molecular formula is C29H32ClN3O3S. The van der Waals surface area contributed by atoms with Gasteiger partial charge in [0, 0.05) is 29.7 Å². The lowest BCUT2D eigenvalue weighted by Crippen LogP contribution is -2.24. The number of nitrogens with zero attached hydrogens (tertiary/aromatic N) is 2. The molecule has 6 nitrogen and oxygen atoms in total. The maximum absolute atomic E-state index is 13.0. The third-order valence-electron chi connectivity index (χ3n) is 6.37. The Balaban J connectivity index is 1.68. The normalized spacial score (nSPS) is 10.9. The van der Waals surface area contributed by atoms with E-state index in [0.29, 0.717) is 35.2 Å². The van der Waals surface area contributed by atoms with Gasteiger partial charge in [-0.1, -0.05) is 49.2 Å². The Hall–Kier alpha value is -3.29. The van der Waals surface area contributed by atoms with Crippen LogP contribution >= 0.6 is 22.9 Å². The van der Waals surface area contributed by atoms with E-state index < -0.39 is 0 Å². The van der Waals surface area contributed by atoms with Crippen LogP contribution in [0.3, 0.4) is 0 Å². The largest absolute Gasteiger partial charge is 0.493 e. The van der Waals surface area contributed by atoms with Crippen molar-refractivity contribution in [1.29, 1.82) is 0 Å². The van der Waals surface area contributed by atoms with Gasteiger partial charge in [0.1, 0.15) is 5.01 Å². The smallest absolute Gasteiger partial charge is 0.253 e. The number of thiazole rings is 1. The number of aryl methyl sites for hydroxylation is 1. The topological polar surface area (TPSA) is 65.4 Å². The van der Waals surface area contributed by atoms with Crippen LogP contribution in [-0.4, -0.2) is 36.2 Å². The molecule has 0 aliphatic heterocycles. The Morgan fingerprint density at radius 2 is 1.89 bits per heavy atom. The summed E-state index contributed by atoms with van der Waals surface area (Å²) >= 11 is 7.97. The van der Waals surface area contributed by atoms with E-state index in [9.17, 15) is 4.79 Å². The number of unbranched alkanes of at least 4 members (excludes halogenated alkanes) is 1. The highest BCUT2D eigenvalue weighted by molar-refractivity contribution is 7.13. The molecule has 0 saturated carbocycles. The fourth-order valence-electron chi connectivity index (χ4n) is 4.28. The van der Waals surface area contributed by atoms with Crippen LogP contribution in [0.25, 0.3) is 22.0 Å². The third kappa shape index (κ3) is 6.00. The van der Waals surface area contributed by atoms with Crippen LogP contribution in [0, 0.1) is 6.92 Å². The highest BCUT2D eigenvalue weighted by atomic mass is 35.5. The second-order valence-corrected chi connectivity index (χ2v) is 10.0. The number of carbonyl (C=O) groups is 1. The van der Waals surface area contributed by atoms with E-state index >= 15 is 0 Å². The van der Waals surface area contributed by atoms with E-state index in [1.807, 2.05) is 60.8 Å². The fraction of sp³-hybridized carbons (Fsp3) is 0.310. The van der Waals surface area contributed by atoms with Gasteiger partial charge in [0.15, 0.2) is 11.5 Å². The molecule has 2 aromatic carbocycles. The van der Waals surface area contributed by atoms with E-state index in [0.717, 1.165) is 52.5 Å².